The predicted molar refractivity (Wildman–Crippen MR) is 202 cm³/mol. The summed E-state index contributed by atoms with van der Waals surface area (Å²) in [5.41, 5.74) is 0. The Balaban J connectivity index is 3.53. The smallest absolute Gasteiger partial charge is 0.220 e. The maximum atomic E-state index is 12.4. The van der Waals surface area contributed by atoms with Crippen molar-refractivity contribution in [2.75, 3.05) is 6.61 Å². The van der Waals surface area contributed by atoms with E-state index in [9.17, 15) is 15.0 Å². The molecule has 274 valence electrons. The predicted octanol–water partition coefficient (Wildman–Crippen LogP) is 12.7. The van der Waals surface area contributed by atoms with Gasteiger partial charge in [-0.3, -0.25) is 4.79 Å². The van der Waals surface area contributed by atoms with Gasteiger partial charge in [0, 0.05) is 6.42 Å². The molecule has 0 saturated heterocycles. The van der Waals surface area contributed by atoms with Crippen LogP contribution in [-0.2, 0) is 4.79 Å². The third-order valence-corrected chi connectivity index (χ3v) is 9.78. The topological polar surface area (TPSA) is 69.6 Å². The Hall–Kier alpha value is -0.870. The number of amides is 1. The van der Waals surface area contributed by atoms with E-state index in [4.69, 9.17) is 0 Å². The molecular formula is C42H83NO3. The largest absolute Gasteiger partial charge is 0.394 e. The fraction of sp³-hybridized carbons (Fsp3) is 0.929. The minimum Gasteiger partial charge on any atom is -0.394 e. The molecular weight excluding hydrogens is 566 g/mol. The van der Waals surface area contributed by atoms with E-state index in [1.165, 1.54) is 173 Å². The second-order valence-corrected chi connectivity index (χ2v) is 14.4. The van der Waals surface area contributed by atoms with E-state index < -0.39 is 12.1 Å². The van der Waals surface area contributed by atoms with Gasteiger partial charge in [-0.15, -0.1) is 0 Å². The zero-order valence-corrected chi connectivity index (χ0v) is 31.4. The lowest BCUT2D eigenvalue weighted by atomic mass is 10.0. The number of hydrogen-bond acceptors (Lipinski definition) is 3. The van der Waals surface area contributed by atoms with Crippen LogP contribution >= 0.6 is 0 Å². The summed E-state index contributed by atoms with van der Waals surface area (Å²) in [6, 6.07) is -0.546. The molecule has 0 unspecified atom stereocenters. The Labute approximate surface area is 288 Å². The fourth-order valence-electron chi connectivity index (χ4n) is 6.53. The number of nitrogens with one attached hydrogen (secondary N) is 1. The van der Waals surface area contributed by atoms with Crippen molar-refractivity contribution < 1.29 is 15.0 Å². The van der Waals surface area contributed by atoms with Gasteiger partial charge >= 0.3 is 0 Å². The van der Waals surface area contributed by atoms with Crippen LogP contribution in [0.2, 0.25) is 0 Å². The summed E-state index contributed by atoms with van der Waals surface area (Å²) < 4.78 is 0. The molecule has 0 aliphatic rings. The SMILES string of the molecule is CCCCCCCCCCCC/C=C/CCCC[C@@H](O)[C@H](CO)NC(=O)CCCCCCCCCCCCCCCCCCCC. The van der Waals surface area contributed by atoms with Crippen molar-refractivity contribution in [1.82, 2.24) is 5.32 Å². The molecule has 0 aromatic rings. The second-order valence-electron chi connectivity index (χ2n) is 14.4. The molecule has 4 nitrogen and oxygen atoms in total. The van der Waals surface area contributed by atoms with Crippen LogP contribution in [0.4, 0.5) is 0 Å². The standard InChI is InChI=1S/C42H83NO3/c1-3-5-7-9-11-13-15-17-19-21-22-24-26-28-30-32-34-36-38-42(46)43-40(39-44)41(45)37-35-33-31-29-27-25-23-20-18-16-14-12-10-8-6-4-2/h27,29,40-41,44-45H,3-26,28,30-39H2,1-2H3,(H,43,46)/b29-27+/t40-,41+/m0/s1. The summed E-state index contributed by atoms with van der Waals surface area (Å²) in [5, 5.41) is 23.1. The number of carbonyl (C=O) groups is 1. The Bertz CT molecular complexity index is 622. The van der Waals surface area contributed by atoms with Gasteiger partial charge in [-0.25, -0.2) is 0 Å². The van der Waals surface area contributed by atoms with Gasteiger partial charge in [0.05, 0.1) is 18.8 Å². The van der Waals surface area contributed by atoms with E-state index in [2.05, 4.69) is 31.3 Å². The number of hydrogen-bond donors (Lipinski definition) is 3. The Kier molecular flexibility index (Phi) is 37.8. The minimum absolute atomic E-state index is 0.0375. The van der Waals surface area contributed by atoms with Crippen molar-refractivity contribution in [1.29, 1.82) is 0 Å². The van der Waals surface area contributed by atoms with Crippen LogP contribution in [0.3, 0.4) is 0 Å². The van der Waals surface area contributed by atoms with Gasteiger partial charge in [-0.2, -0.15) is 0 Å². The number of aliphatic hydroxyl groups is 2. The second kappa shape index (κ2) is 38.6. The molecule has 0 heterocycles. The summed E-state index contributed by atoms with van der Waals surface area (Å²) >= 11 is 0. The van der Waals surface area contributed by atoms with E-state index >= 15 is 0 Å². The van der Waals surface area contributed by atoms with Gasteiger partial charge in [-0.1, -0.05) is 199 Å². The first-order valence-electron chi connectivity index (χ1n) is 20.9. The highest BCUT2D eigenvalue weighted by molar-refractivity contribution is 5.76. The first-order valence-corrected chi connectivity index (χ1v) is 20.9. The molecule has 0 fully saturated rings. The average Bonchev–Trinajstić information content (AvgIpc) is 3.06. The lowest BCUT2D eigenvalue weighted by Crippen LogP contribution is -2.45. The minimum atomic E-state index is -0.676. The summed E-state index contributed by atoms with van der Waals surface area (Å²) in [5.74, 6) is -0.0375. The maximum absolute atomic E-state index is 12.4. The molecule has 0 radical (unpaired) electrons. The molecule has 0 aromatic heterocycles. The maximum Gasteiger partial charge on any atom is 0.220 e. The first-order chi connectivity index (χ1) is 22.7. The highest BCUT2D eigenvalue weighted by atomic mass is 16.3. The van der Waals surface area contributed by atoms with Crippen LogP contribution in [-0.4, -0.2) is 34.9 Å². The molecule has 0 bridgehead atoms. The number of aliphatic hydroxyl groups excluding tert-OH is 2. The van der Waals surface area contributed by atoms with E-state index in [1.807, 2.05) is 0 Å². The molecule has 0 rings (SSSR count). The van der Waals surface area contributed by atoms with Crippen LogP contribution in [0.25, 0.3) is 0 Å². The van der Waals surface area contributed by atoms with Crippen LogP contribution in [0.5, 0.6) is 0 Å². The summed E-state index contributed by atoms with van der Waals surface area (Å²) in [4.78, 5) is 12.4. The molecule has 0 spiro atoms. The van der Waals surface area contributed by atoms with E-state index in [-0.39, 0.29) is 12.5 Å². The third-order valence-electron chi connectivity index (χ3n) is 9.78. The van der Waals surface area contributed by atoms with Gasteiger partial charge in [0.15, 0.2) is 0 Å². The number of unbranched alkanes of at least 4 members (excludes halogenated alkanes) is 29. The average molecular weight is 650 g/mol. The van der Waals surface area contributed by atoms with E-state index in [0.29, 0.717) is 12.8 Å². The molecule has 0 aliphatic heterocycles. The molecule has 2 atom stereocenters. The van der Waals surface area contributed by atoms with Gasteiger partial charge in [0.25, 0.3) is 0 Å². The highest BCUT2D eigenvalue weighted by Crippen LogP contribution is 2.16. The lowest BCUT2D eigenvalue weighted by Gasteiger charge is -2.22. The molecule has 0 aromatic carbocycles. The van der Waals surface area contributed by atoms with Crippen LogP contribution in [0.15, 0.2) is 12.2 Å². The van der Waals surface area contributed by atoms with Crippen molar-refractivity contribution in [2.45, 2.75) is 244 Å². The normalized spacial score (nSPS) is 13.0. The van der Waals surface area contributed by atoms with Crippen LogP contribution in [0.1, 0.15) is 232 Å². The van der Waals surface area contributed by atoms with Gasteiger partial charge in [0.2, 0.25) is 5.91 Å². The molecule has 3 N–H and O–H groups in total. The van der Waals surface area contributed by atoms with Crippen molar-refractivity contribution in [3.63, 3.8) is 0 Å². The number of allylic oxidation sites excluding steroid dienone is 2. The van der Waals surface area contributed by atoms with E-state index in [1.54, 1.807) is 0 Å². The van der Waals surface area contributed by atoms with Crippen molar-refractivity contribution in [2.24, 2.45) is 0 Å². The fourth-order valence-corrected chi connectivity index (χ4v) is 6.53. The molecule has 46 heavy (non-hydrogen) atoms. The lowest BCUT2D eigenvalue weighted by molar-refractivity contribution is -0.123. The van der Waals surface area contributed by atoms with Crippen LogP contribution in [0, 0.1) is 0 Å². The number of rotatable bonds is 38. The first kappa shape index (κ1) is 45.1. The quantitative estimate of drug-likeness (QED) is 0.0460. The Morgan fingerprint density at radius 1 is 0.500 bits per heavy atom. The molecule has 0 aliphatic carbocycles. The summed E-state index contributed by atoms with van der Waals surface area (Å²) in [7, 11) is 0. The Morgan fingerprint density at radius 2 is 0.826 bits per heavy atom. The Morgan fingerprint density at radius 3 is 1.20 bits per heavy atom. The summed E-state index contributed by atoms with van der Waals surface area (Å²) in [6.07, 6.45) is 47.1. The number of carbonyl (C=O) groups excluding carboxylic acids is 1. The molecule has 0 saturated carbocycles. The molecule has 4 heteroatoms. The molecule has 1 amide bonds. The van der Waals surface area contributed by atoms with Crippen molar-refractivity contribution in [3.05, 3.63) is 12.2 Å². The third kappa shape index (κ3) is 34.5. The highest BCUT2D eigenvalue weighted by Gasteiger charge is 2.19. The summed E-state index contributed by atoms with van der Waals surface area (Å²) in [6.45, 7) is 4.36. The zero-order valence-electron chi connectivity index (χ0n) is 31.4. The monoisotopic (exact) mass is 650 g/mol. The van der Waals surface area contributed by atoms with Crippen molar-refractivity contribution in [3.8, 4) is 0 Å². The zero-order chi connectivity index (χ0) is 33.6. The van der Waals surface area contributed by atoms with Gasteiger partial charge < -0.3 is 15.5 Å². The van der Waals surface area contributed by atoms with Gasteiger partial charge in [-0.05, 0) is 38.5 Å². The van der Waals surface area contributed by atoms with E-state index in [0.717, 1.165) is 32.1 Å². The van der Waals surface area contributed by atoms with Gasteiger partial charge in [0.1, 0.15) is 0 Å². The van der Waals surface area contributed by atoms with Crippen molar-refractivity contribution >= 4 is 5.91 Å². The van der Waals surface area contributed by atoms with Crippen LogP contribution < -0.4 is 5.32 Å².